The number of sulfone groups is 1. The Morgan fingerprint density at radius 1 is 1.09 bits per heavy atom. The van der Waals surface area contributed by atoms with Gasteiger partial charge in [-0.2, -0.15) is 4.98 Å². The predicted octanol–water partition coefficient (Wildman–Crippen LogP) is 3.58. The quantitative estimate of drug-likeness (QED) is 0.526. The molecule has 2 aromatic carbocycles. The molecule has 170 valence electrons. The van der Waals surface area contributed by atoms with E-state index in [9.17, 15) is 8.42 Å². The number of morpholine rings is 1. The van der Waals surface area contributed by atoms with E-state index in [0.717, 1.165) is 19.6 Å². The zero-order chi connectivity index (χ0) is 22.6. The summed E-state index contributed by atoms with van der Waals surface area (Å²) in [4.78, 5) is 6.68. The van der Waals surface area contributed by atoms with Gasteiger partial charge in [0.1, 0.15) is 5.75 Å². The normalized spacial score (nSPS) is 14.9. The van der Waals surface area contributed by atoms with Gasteiger partial charge in [-0.05, 0) is 48.5 Å². The standard InChI is InChI=1S/C22H24ClN3O5S/c1-29-18-6-2-16(3-7-18)20-25-22(32(27,28)19-8-4-17(23)5-9-19)21(31-20)24-10-11-26-12-14-30-15-13-26/h2-9,24H,10-15H2,1H3. The van der Waals surface area contributed by atoms with Crippen LogP contribution in [0.2, 0.25) is 5.02 Å². The lowest BCUT2D eigenvalue weighted by Gasteiger charge is -2.26. The van der Waals surface area contributed by atoms with E-state index in [0.29, 0.717) is 36.1 Å². The van der Waals surface area contributed by atoms with Gasteiger partial charge in [-0.3, -0.25) is 4.90 Å². The fraction of sp³-hybridized carbons (Fsp3) is 0.318. The van der Waals surface area contributed by atoms with Gasteiger partial charge in [0.15, 0.2) is 0 Å². The number of hydrogen-bond acceptors (Lipinski definition) is 8. The molecule has 32 heavy (non-hydrogen) atoms. The molecule has 2 heterocycles. The number of rotatable bonds is 8. The summed E-state index contributed by atoms with van der Waals surface area (Å²) in [5.41, 5.74) is 0.639. The van der Waals surface area contributed by atoms with E-state index in [1.54, 1.807) is 31.4 Å². The van der Waals surface area contributed by atoms with Gasteiger partial charge in [0.2, 0.25) is 26.6 Å². The first-order valence-electron chi connectivity index (χ1n) is 10.2. The van der Waals surface area contributed by atoms with Crippen molar-refractivity contribution in [1.29, 1.82) is 0 Å². The van der Waals surface area contributed by atoms with Gasteiger partial charge < -0.3 is 19.2 Å². The largest absolute Gasteiger partial charge is 0.497 e. The molecule has 0 radical (unpaired) electrons. The van der Waals surface area contributed by atoms with E-state index in [4.69, 9.17) is 25.5 Å². The molecule has 0 atom stereocenters. The van der Waals surface area contributed by atoms with Gasteiger partial charge in [-0.25, -0.2) is 8.42 Å². The number of benzene rings is 2. The van der Waals surface area contributed by atoms with Crippen molar-refractivity contribution in [2.75, 3.05) is 51.8 Å². The molecule has 1 aliphatic heterocycles. The maximum absolute atomic E-state index is 13.3. The topological polar surface area (TPSA) is 93.9 Å². The number of aromatic nitrogens is 1. The van der Waals surface area contributed by atoms with Crippen LogP contribution in [0.3, 0.4) is 0 Å². The highest BCUT2D eigenvalue weighted by Crippen LogP contribution is 2.33. The van der Waals surface area contributed by atoms with Crippen LogP contribution in [-0.2, 0) is 14.6 Å². The predicted molar refractivity (Wildman–Crippen MR) is 121 cm³/mol. The Balaban J connectivity index is 1.64. The molecule has 0 unspecified atom stereocenters. The lowest BCUT2D eigenvalue weighted by Crippen LogP contribution is -2.39. The molecule has 0 spiro atoms. The highest BCUT2D eigenvalue weighted by molar-refractivity contribution is 7.91. The average Bonchev–Trinajstić information content (AvgIpc) is 3.25. The highest BCUT2D eigenvalue weighted by Gasteiger charge is 2.28. The van der Waals surface area contributed by atoms with Crippen molar-refractivity contribution in [3.63, 3.8) is 0 Å². The summed E-state index contributed by atoms with van der Waals surface area (Å²) in [5, 5.41) is 3.41. The second-order valence-electron chi connectivity index (χ2n) is 7.22. The molecule has 1 aromatic heterocycles. The lowest BCUT2D eigenvalue weighted by molar-refractivity contribution is 0.0398. The van der Waals surface area contributed by atoms with Crippen LogP contribution in [0.25, 0.3) is 11.5 Å². The SMILES string of the molecule is COc1ccc(-c2nc(S(=O)(=O)c3ccc(Cl)cc3)c(NCCN3CCOCC3)o2)cc1. The van der Waals surface area contributed by atoms with Crippen LogP contribution in [-0.4, -0.2) is 64.8 Å². The molecule has 4 rings (SSSR count). The molecular weight excluding hydrogens is 454 g/mol. The van der Waals surface area contributed by atoms with Crippen LogP contribution in [0.4, 0.5) is 5.88 Å². The molecule has 0 bridgehead atoms. The van der Waals surface area contributed by atoms with E-state index in [2.05, 4.69) is 15.2 Å². The second-order valence-corrected chi connectivity index (χ2v) is 9.52. The zero-order valence-corrected chi connectivity index (χ0v) is 19.2. The number of ether oxygens (including phenoxy) is 2. The van der Waals surface area contributed by atoms with Gasteiger partial charge in [-0.1, -0.05) is 11.6 Å². The number of oxazole rings is 1. The molecule has 0 saturated carbocycles. The third-order valence-corrected chi connectivity index (χ3v) is 7.06. The first-order valence-corrected chi connectivity index (χ1v) is 12.0. The Morgan fingerprint density at radius 2 is 1.78 bits per heavy atom. The number of halogens is 1. The van der Waals surface area contributed by atoms with Crippen molar-refractivity contribution in [2.45, 2.75) is 9.92 Å². The van der Waals surface area contributed by atoms with Crippen LogP contribution in [0.1, 0.15) is 0 Å². The zero-order valence-electron chi connectivity index (χ0n) is 17.6. The summed E-state index contributed by atoms with van der Waals surface area (Å²) in [6.45, 7) is 4.29. The lowest BCUT2D eigenvalue weighted by atomic mass is 10.2. The molecule has 1 saturated heterocycles. The van der Waals surface area contributed by atoms with Crippen molar-refractivity contribution >= 4 is 27.3 Å². The number of methoxy groups -OCH3 is 1. The van der Waals surface area contributed by atoms with Crippen LogP contribution in [0, 0.1) is 0 Å². The third-order valence-electron chi connectivity index (χ3n) is 5.13. The second kappa shape index (κ2) is 9.91. The third kappa shape index (κ3) is 5.07. The Morgan fingerprint density at radius 3 is 2.44 bits per heavy atom. The highest BCUT2D eigenvalue weighted by atomic mass is 35.5. The summed E-state index contributed by atoms with van der Waals surface area (Å²) < 4.78 is 43.1. The summed E-state index contributed by atoms with van der Waals surface area (Å²) in [6.07, 6.45) is 0. The van der Waals surface area contributed by atoms with Gasteiger partial charge in [0.05, 0.1) is 25.2 Å². The summed E-state index contributed by atoms with van der Waals surface area (Å²) in [6, 6.07) is 13.0. The Hall–Kier alpha value is -2.59. The minimum atomic E-state index is -3.93. The minimum Gasteiger partial charge on any atom is -0.497 e. The molecule has 0 amide bonds. The average molecular weight is 478 g/mol. The number of hydrogen-bond donors (Lipinski definition) is 1. The Kier molecular flexibility index (Phi) is 7.00. The molecule has 1 N–H and O–H groups in total. The molecule has 3 aromatic rings. The van der Waals surface area contributed by atoms with Crippen LogP contribution >= 0.6 is 11.6 Å². The van der Waals surface area contributed by atoms with Crippen LogP contribution < -0.4 is 10.1 Å². The smallest absolute Gasteiger partial charge is 0.233 e. The van der Waals surface area contributed by atoms with E-state index in [1.807, 2.05) is 0 Å². The van der Waals surface area contributed by atoms with Crippen molar-refractivity contribution in [3.8, 4) is 17.2 Å². The summed E-state index contributed by atoms with van der Waals surface area (Å²) in [5.74, 6) is 0.992. The maximum Gasteiger partial charge on any atom is 0.233 e. The van der Waals surface area contributed by atoms with Crippen molar-refractivity contribution < 1.29 is 22.3 Å². The van der Waals surface area contributed by atoms with E-state index >= 15 is 0 Å². The maximum atomic E-state index is 13.3. The van der Waals surface area contributed by atoms with Gasteiger partial charge >= 0.3 is 0 Å². The van der Waals surface area contributed by atoms with E-state index in [-0.39, 0.29) is 21.7 Å². The van der Waals surface area contributed by atoms with Crippen LogP contribution in [0.15, 0.2) is 62.9 Å². The van der Waals surface area contributed by atoms with E-state index < -0.39 is 9.84 Å². The number of anilines is 1. The molecule has 1 aliphatic rings. The van der Waals surface area contributed by atoms with Crippen molar-refractivity contribution in [1.82, 2.24) is 9.88 Å². The van der Waals surface area contributed by atoms with Crippen molar-refractivity contribution in [3.05, 3.63) is 53.6 Å². The number of nitrogens with one attached hydrogen (secondary N) is 1. The monoisotopic (exact) mass is 477 g/mol. The summed E-state index contributed by atoms with van der Waals surface area (Å²) >= 11 is 5.93. The number of nitrogens with zero attached hydrogens (tertiary/aromatic N) is 2. The molecule has 8 nitrogen and oxygen atoms in total. The van der Waals surface area contributed by atoms with Gasteiger partial charge in [-0.15, -0.1) is 0 Å². The van der Waals surface area contributed by atoms with Gasteiger partial charge in [0, 0.05) is 36.8 Å². The Labute approximate surface area is 192 Å². The van der Waals surface area contributed by atoms with E-state index in [1.165, 1.54) is 24.3 Å². The molecule has 1 fully saturated rings. The first-order chi connectivity index (χ1) is 15.5. The molecular formula is C22H24ClN3O5S. The molecule has 0 aliphatic carbocycles. The first kappa shape index (κ1) is 22.6. The van der Waals surface area contributed by atoms with Gasteiger partial charge in [0.25, 0.3) is 0 Å². The minimum absolute atomic E-state index is 0.0905. The molecule has 10 heteroatoms. The van der Waals surface area contributed by atoms with Crippen LogP contribution in [0.5, 0.6) is 5.75 Å². The fourth-order valence-electron chi connectivity index (χ4n) is 3.33. The van der Waals surface area contributed by atoms with Crippen molar-refractivity contribution in [2.24, 2.45) is 0 Å². The fourth-order valence-corrected chi connectivity index (χ4v) is 4.74. The summed E-state index contributed by atoms with van der Waals surface area (Å²) in [7, 11) is -2.35. The Bertz CT molecular complexity index is 1140.